The van der Waals surface area contributed by atoms with Gasteiger partial charge >= 0.3 is 0 Å². The number of aryl methyl sites for hydroxylation is 1. The fourth-order valence-electron chi connectivity index (χ4n) is 1.17. The molecule has 0 spiro atoms. The van der Waals surface area contributed by atoms with Gasteiger partial charge in [0.05, 0.1) is 0 Å². The molecule has 0 unspecified atom stereocenters. The molecule has 1 aromatic rings. The number of nitrogens with zero attached hydrogens (tertiary/aromatic N) is 2. The van der Waals surface area contributed by atoms with Gasteiger partial charge in [0.1, 0.15) is 5.82 Å². The Kier molecular flexibility index (Phi) is 7.20. The quantitative estimate of drug-likeness (QED) is 0.505. The molecule has 0 bridgehead atoms. The zero-order chi connectivity index (χ0) is 11.6. The van der Waals surface area contributed by atoms with E-state index in [1.165, 1.54) is 0 Å². The first kappa shape index (κ1) is 13.5. The molecule has 0 aliphatic heterocycles. The van der Waals surface area contributed by atoms with Crippen molar-refractivity contribution in [3.05, 3.63) is 5.82 Å². The SMILES string of the molecule is CCOCCCNCCSc1n[nH]c(C)n1. The number of nitrogens with one attached hydrogen (secondary N) is 2. The van der Waals surface area contributed by atoms with Gasteiger partial charge in [-0.05, 0) is 26.8 Å². The largest absolute Gasteiger partial charge is 0.382 e. The summed E-state index contributed by atoms with van der Waals surface area (Å²) >= 11 is 1.66. The Labute approximate surface area is 101 Å². The summed E-state index contributed by atoms with van der Waals surface area (Å²) in [5, 5.41) is 11.1. The highest BCUT2D eigenvalue weighted by Gasteiger charge is 1.99. The number of aromatic nitrogens is 3. The zero-order valence-corrected chi connectivity index (χ0v) is 10.8. The van der Waals surface area contributed by atoms with Crippen LogP contribution in [0.5, 0.6) is 0 Å². The van der Waals surface area contributed by atoms with Crippen molar-refractivity contribution in [2.75, 3.05) is 32.1 Å². The van der Waals surface area contributed by atoms with Crippen LogP contribution in [0.15, 0.2) is 5.16 Å². The maximum absolute atomic E-state index is 5.24. The second kappa shape index (κ2) is 8.55. The van der Waals surface area contributed by atoms with Crippen LogP contribution in [0.1, 0.15) is 19.2 Å². The lowest BCUT2D eigenvalue weighted by molar-refractivity contribution is 0.145. The topological polar surface area (TPSA) is 62.8 Å². The van der Waals surface area contributed by atoms with Crippen LogP contribution in [0.4, 0.5) is 0 Å². The maximum Gasteiger partial charge on any atom is 0.208 e. The van der Waals surface area contributed by atoms with E-state index in [1.807, 2.05) is 13.8 Å². The molecule has 1 heterocycles. The molecule has 0 radical (unpaired) electrons. The fraction of sp³-hybridized carbons (Fsp3) is 0.800. The normalized spacial score (nSPS) is 10.9. The van der Waals surface area contributed by atoms with Crippen molar-refractivity contribution >= 4 is 11.8 Å². The van der Waals surface area contributed by atoms with Crippen LogP contribution < -0.4 is 5.32 Å². The van der Waals surface area contributed by atoms with Crippen molar-refractivity contribution in [1.82, 2.24) is 20.5 Å². The molecule has 0 saturated heterocycles. The molecule has 5 nitrogen and oxygen atoms in total. The number of H-pyrrole nitrogens is 1. The van der Waals surface area contributed by atoms with Crippen LogP contribution in [-0.2, 0) is 4.74 Å². The van der Waals surface area contributed by atoms with Gasteiger partial charge in [-0.2, -0.15) is 0 Å². The summed E-state index contributed by atoms with van der Waals surface area (Å²) in [4.78, 5) is 4.22. The Bertz CT molecular complexity index is 280. The van der Waals surface area contributed by atoms with Gasteiger partial charge in [-0.3, -0.25) is 5.10 Å². The smallest absolute Gasteiger partial charge is 0.208 e. The summed E-state index contributed by atoms with van der Waals surface area (Å²) in [5.41, 5.74) is 0. The molecule has 92 valence electrons. The van der Waals surface area contributed by atoms with Crippen molar-refractivity contribution in [3.63, 3.8) is 0 Å². The van der Waals surface area contributed by atoms with Crippen molar-refractivity contribution in [2.24, 2.45) is 0 Å². The van der Waals surface area contributed by atoms with Crippen LogP contribution >= 0.6 is 11.8 Å². The number of aromatic amines is 1. The van der Waals surface area contributed by atoms with Crippen LogP contribution in [0, 0.1) is 6.92 Å². The van der Waals surface area contributed by atoms with Gasteiger partial charge in [0.2, 0.25) is 5.16 Å². The molecular weight excluding hydrogens is 224 g/mol. The molecule has 2 N–H and O–H groups in total. The van der Waals surface area contributed by atoms with Gasteiger partial charge < -0.3 is 10.1 Å². The molecule has 0 aliphatic carbocycles. The molecule has 0 aliphatic rings. The van der Waals surface area contributed by atoms with E-state index in [1.54, 1.807) is 11.8 Å². The minimum Gasteiger partial charge on any atom is -0.382 e. The third kappa shape index (κ3) is 6.09. The third-order valence-electron chi connectivity index (χ3n) is 1.93. The predicted octanol–water partition coefficient (Wildman–Crippen LogP) is 1.22. The van der Waals surface area contributed by atoms with Gasteiger partial charge in [0.25, 0.3) is 0 Å². The minimum atomic E-state index is 0.806. The Morgan fingerprint density at radius 1 is 1.44 bits per heavy atom. The average Bonchev–Trinajstić information content (AvgIpc) is 2.68. The molecule has 0 amide bonds. The second-order valence-electron chi connectivity index (χ2n) is 3.35. The van der Waals surface area contributed by atoms with E-state index in [0.29, 0.717) is 0 Å². The van der Waals surface area contributed by atoms with Crippen LogP contribution in [0.25, 0.3) is 0 Å². The van der Waals surface area contributed by atoms with Gasteiger partial charge in [-0.1, -0.05) is 11.8 Å². The highest BCUT2D eigenvalue weighted by molar-refractivity contribution is 7.99. The summed E-state index contributed by atoms with van der Waals surface area (Å²) in [6.07, 6.45) is 1.07. The highest BCUT2D eigenvalue weighted by atomic mass is 32.2. The van der Waals surface area contributed by atoms with Gasteiger partial charge in [0, 0.05) is 25.5 Å². The number of ether oxygens (including phenoxy) is 1. The predicted molar refractivity (Wildman–Crippen MR) is 65.8 cm³/mol. The van der Waals surface area contributed by atoms with Crippen LogP contribution in [0.2, 0.25) is 0 Å². The first-order valence-electron chi connectivity index (χ1n) is 5.63. The lowest BCUT2D eigenvalue weighted by Gasteiger charge is -2.03. The van der Waals surface area contributed by atoms with E-state index in [-0.39, 0.29) is 0 Å². The van der Waals surface area contributed by atoms with Gasteiger partial charge in [-0.15, -0.1) is 5.10 Å². The molecule has 6 heteroatoms. The molecule has 0 atom stereocenters. The Morgan fingerprint density at radius 2 is 2.31 bits per heavy atom. The van der Waals surface area contributed by atoms with E-state index >= 15 is 0 Å². The Hall–Kier alpha value is -0.590. The first-order chi connectivity index (χ1) is 7.83. The third-order valence-corrected chi connectivity index (χ3v) is 2.78. The number of hydrogen-bond donors (Lipinski definition) is 2. The second-order valence-corrected chi connectivity index (χ2v) is 4.41. The molecule has 0 fully saturated rings. The lowest BCUT2D eigenvalue weighted by atomic mass is 10.4. The highest BCUT2D eigenvalue weighted by Crippen LogP contribution is 2.10. The van der Waals surface area contributed by atoms with Crippen LogP contribution in [-0.4, -0.2) is 47.2 Å². The molecule has 0 aromatic carbocycles. The van der Waals surface area contributed by atoms with Crippen molar-refractivity contribution in [3.8, 4) is 0 Å². The monoisotopic (exact) mass is 244 g/mol. The van der Waals surface area contributed by atoms with Crippen molar-refractivity contribution in [2.45, 2.75) is 25.4 Å². The van der Waals surface area contributed by atoms with Crippen molar-refractivity contribution < 1.29 is 4.74 Å². The van der Waals surface area contributed by atoms with Gasteiger partial charge in [-0.25, -0.2) is 4.98 Å². The Morgan fingerprint density at radius 3 is 3.00 bits per heavy atom. The Balaban J connectivity index is 1.88. The van der Waals surface area contributed by atoms with Gasteiger partial charge in [0.15, 0.2) is 0 Å². The average molecular weight is 244 g/mol. The van der Waals surface area contributed by atoms with E-state index < -0.39 is 0 Å². The summed E-state index contributed by atoms with van der Waals surface area (Å²) in [6.45, 7) is 7.56. The summed E-state index contributed by atoms with van der Waals surface area (Å²) in [6, 6.07) is 0. The lowest BCUT2D eigenvalue weighted by Crippen LogP contribution is -2.19. The standard InChI is InChI=1S/C10H20N4OS/c1-3-15-7-4-5-11-6-8-16-10-12-9(2)13-14-10/h11H,3-8H2,1-2H3,(H,12,13,14). The minimum absolute atomic E-state index is 0.806. The summed E-state index contributed by atoms with van der Waals surface area (Å²) in [7, 11) is 0. The van der Waals surface area contributed by atoms with E-state index in [2.05, 4.69) is 20.5 Å². The molecule has 0 saturated carbocycles. The number of thioether (sulfide) groups is 1. The van der Waals surface area contributed by atoms with E-state index in [0.717, 1.165) is 49.5 Å². The number of hydrogen-bond acceptors (Lipinski definition) is 5. The molecule has 16 heavy (non-hydrogen) atoms. The summed E-state index contributed by atoms with van der Waals surface area (Å²) < 4.78 is 5.24. The first-order valence-corrected chi connectivity index (χ1v) is 6.61. The fourth-order valence-corrected chi connectivity index (χ4v) is 1.91. The maximum atomic E-state index is 5.24. The summed E-state index contributed by atoms with van der Waals surface area (Å²) in [5.74, 6) is 1.86. The van der Waals surface area contributed by atoms with E-state index in [9.17, 15) is 0 Å². The number of rotatable bonds is 9. The molecular formula is C10H20N4OS. The zero-order valence-electron chi connectivity index (χ0n) is 9.95. The van der Waals surface area contributed by atoms with Crippen molar-refractivity contribution in [1.29, 1.82) is 0 Å². The molecule has 1 aromatic heterocycles. The van der Waals surface area contributed by atoms with Crippen LogP contribution in [0.3, 0.4) is 0 Å². The molecule has 1 rings (SSSR count). The van der Waals surface area contributed by atoms with E-state index in [4.69, 9.17) is 4.74 Å².